The number of rotatable bonds is 2. The second kappa shape index (κ2) is 3.65. The van der Waals surface area contributed by atoms with Crippen LogP contribution in [0.1, 0.15) is 5.56 Å². The van der Waals surface area contributed by atoms with Gasteiger partial charge in [-0.2, -0.15) is 5.10 Å². The Labute approximate surface area is 88.1 Å². The molecule has 0 atom stereocenters. The summed E-state index contributed by atoms with van der Waals surface area (Å²) in [5.41, 5.74) is 8.68. The summed E-state index contributed by atoms with van der Waals surface area (Å²) in [5, 5.41) is 6.78. The van der Waals surface area contributed by atoms with E-state index >= 15 is 0 Å². The maximum Gasteiger partial charge on any atom is 0.145 e. The minimum Gasteiger partial charge on any atom is -0.497 e. The standard InChI is InChI=1S/C11H13N3O/c1-7-3-4-8(15-2)5-9(7)10-6-11(12)14-13-10/h3-6H,1-2H3,(H3,12,13,14). The summed E-state index contributed by atoms with van der Waals surface area (Å²) in [4.78, 5) is 0. The average molecular weight is 203 g/mol. The number of nitrogens with zero attached hydrogens (tertiary/aromatic N) is 1. The van der Waals surface area contributed by atoms with E-state index < -0.39 is 0 Å². The third-order valence-corrected chi connectivity index (χ3v) is 2.33. The van der Waals surface area contributed by atoms with E-state index in [9.17, 15) is 0 Å². The molecule has 0 fully saturated rings. The van der Waals surface area contributed by atoms with Gasteiger partial charge in [0.05, 0.1) is 12.8 Å². The Kier molecular flexibility index (Phi) is 2.33. The number of aromatic nitrogens is 2. The van der Waals surface area contributed by atoms with Gasteiger partial charge in [0.2, 0.25) is 0 Å². The SMILES string of the molecule is COc1ccc(C)c(-c2cc(N)n[nH]2)c1. The number of aromatic amines is 1. The lowest BCUT2D eigenvalue weighted by Crippen LogP contribution is -1.87. The Hall–Kier alpha value is -1.97. The Morgan fingerprint density at radius 1 is 1.33 bits per heavy atom. The van der Waals surface area contributed by atoms with E-state index in [1.165, 1.54) is 0 Å². The van der Waals surface area contributed by atoms with Crippen LogP contribution in [0.25, 0.3) is 11.3 Å². The van der Waals surface area contributed by atoms with Crippen molar-refractivity contribution in [2.24, 2.45) is 0 Å². The van der Waals surface area contributed by atoms with Crippen LogP contribution >= 0.6 is 0 Å². The molecule has 15 heavy (non-hydrogen) atoms. The fourth-order valence-corrected chi connectivity index (χ4v) is 1.49. The highest BCUT2D eigenvalue weighted by atomic mass is 16.5. The second-order valence-electron chi connectivity index (χ2n) is 3.39. The molecular weight excluding hydrogens is 190 g/mol. The van der Waals surface area contributed by atoms with Gasteiger partial charge >= 0.3 is 0 Å². The van der Waals surface area contributed by atoms with E-state index in [-0.39, 0.29) is 0 Å². The molecule has 0 bridgehead atoms. The summed E-state index contributed by atoms with van der Waals surface area (Å²) in [6.45, 7) is 2.03. The van der Waals surface area contributed by atoms with Crippen LogP contribution in [-0.2, 0) is 0 Å². The predicted octanol–water partition coefficient (Wildman–Crippen LogP) is 1.98. The molecule has 1 aromatic heterocycles. The van der Waals surface area contributed by atoms with Crippen molar-refractivity contribution in [1.82, 2.24) is 10.2 Å². The largest absolute Gasteiger partial charge is 0.497 e. The van der Waals surface area contributed by atoms with Gasteiger partial charge in [0, 0.05) is 11.6 Å². The molecule has 0 saturated carbocycles. The van der Waals surface area contributed by atoms with Crippen molar-refractivity contribution in [2.75, 3.05) is 12.8 Å². The normalized spacial score (nSPS) is 10.3. The van der Waals surface area contributed by atoms with Crippen molar-refractivity contribution < 1.29 is 4.74 Å². The molecule has 4 nitrogen and oxygen atoms in total. The monoisotopic (exact) mass is 203 g/mol. The maximum absolute atomic E-state index is 5.56. The van der Waals surface area contributed by atoms with Crippen LogP contribution in [0.5, 0.6) is 5.75 Å². The van der Waals surface area contributed by atoms with Crippen LogP contribution in [0.15, 0.2) is 24.3 Å². The zero-order valence-corrected chi connectivity index (χ0v) is 8.74. The molecule has 2 rings (SSSR count). The topological polar surface area (TPSA) is 63.9 Å². The molecule has 0 spiro atoms. The summed E-state index contributed by atoms with van der Waals surface area (Å²) in [6.07, 6.45) is 0. The third-order valence-electron chi connectivity index (χ3n) is 2.33. The van der Waals surface area contributed by atoms with Crippen LogP contribution in [-0.4, -0.2) is 17.3 Å². The van der Waals surface area contributed by atoms with Crippen molar-refractivity contribution in [3.63, 3.8) is 0 Å². The fourth-order valence-electron chi connectivity index (χ4n) is 1.49. The number of anilines is 1. The Morgan fingerprint density at radius 2 is 2.13 bits per heavy atom. The lowest BCUT2D eigenvalue weighted by atomic mass is 10.1. The maximum atomic E-state index is 5.56. The number of ether oxygens (including phenoxy) is 1. The summed E-state index contributed by atoms with van der Waals surface area (Å²) in [6, 6.07) is 7.70. The van der Waals surface area contributed by atoms with Gasteiger partial charge in [-0.25, -0.2) is 0 Å². The zero-order valence-electron chi connectivity index (χ0n) is 8.74. The number of hydrogen-bond donors (Lipinski definition) is 2. The van der Waals surface area contributed by atoms with Gasteiger partial charge in [-0.1, -0.05) is 6.07 Å². The van der Waals surface area contributed by atoms with Crippen molar-refractivity contribution in [2.45, 2.75) is 6.92 Å². The van der Waals surface area contributed by atoms with Crippen LogP contribution in [0, 0.1) is 6.92 Å². The van der Waals surface area contributed by atoms with Gasteiger partial charge < -0.3 is 10.5 Å². The number of nitrogen functional groups attached to an aromatic ring is 1. The first-order chi connectivity index (χ1) is 7.20. The Morgan fingerprint density at radius 3 is 2.73 bits per heavy atom. The van der Waals surface area contributed by atoms with Crippen molar-refractivity contribution in [3.8, 4) is 17.0 Å². The van der Waals surface area contributed by atoms with E-state index in [0.717, 1.165) is 22.6 Å². The lowest BCUT2D eigenvalue weighted by molar-refractivity contribution is 0.415. The highest BCUT2D eigenvalue weighted by Gasteiger charge is 2.06. The minimum absolute atomic E-state index is 0.493. The molecule has 0 unspecified atom stereocenters. The van der Waals surface area contributed by atoms with Gasteiger partial charge in [-0.15, -0.1) is 0 Å². The lowest BCUT2D eigenvalue weighted by Gasteiger charge is -2.05. The Balaban J connectivity index is 2.51. The molecule has 1 heterocycles. The van der Waals surface area contributed by atoms with Crippen molar-refractivity contribution in [3.05, 3.63) is 29.8 Å². The molecule has 78 valence electrons. The minimum atomic E-state index is 0.493. The van der Waals surface area contributed by atoms with E-state index in [2.05, 4.69) is 10.2 Å². The number of hydrogen-bond acceptors (Lipinski definition) is 3. The average Bonchev–Trinajstić information content (AvgIpc) is 2.65. The highest BCUT2D eigenvalue weighted by molar-refractivity contribution is 5.67. The molecule has 0 aliphatic carbocycles. The summed E-state index contributed by atoms with van der Waals surface area (Å²) in [7, 11) is 1.65. The van der Waals surface area contributed by atoms with Gasteiger partial charge in [0.25, 0.3) is 0 Å². The van der Waals surface area contributed by atoms with Crippen molar-refractivity contribution in [1.29, 1.82) is 0 Å². The number of aryl methyl sites for hydroxylation is 1. The zero-order chi connectivity index (χ0) is 10.8. The molecule has 0 radical (unpaired) electrons. The van der Waals surface area contributed by atoms with Crippen LogP contribution in [0.4, 0.5) is 5.82 Å². The number of nitrogens with one attached hydrogen (secondary N) is 1. The van der Waals surface area contributed by atoms with Gasteiger partial charge in [0.15, 0.2) is 0 Å². The van der Waals surface area contributed by atoms with Crippen molar-refractivity contribution >= 4 is 5.82 Å². The fraction of sp³-hybridized carbons (Fsp3) is 0.182. The second-order valence-corrected chi connectivity index (χ2v) is 3.39. The molecule has 2 aromatic rings. The van der Waals surface area contributed by atoms with E-state index in [1.807, 2.05) is 31.2 Å². The Bertz CT molecular complexity index is 476. The van der Waals surface area contributed by atoms with E-state index in [0.29, 0.717) is 5.82 Å². The van der Waals surface area contributed by atoms with Crippen LogP contribution in [0.2, 0.25) is 0 Å². The van der Waals surface area contributed by atoms with Gasteiger partial charge in [-0.05, 0) is 24.6 Å². The van der Waals surface area contributed by atoms with E-state index in [1.54, 1.807) is 7.11 Å². The van der Waals surface area contributed by atoms with E-state index in [4.69, 9.17) is 10.5 Å². The summed E-state index contributed by atoms with van der Waals surface area (Å²) < 4.78 is 5.17. The highest BCUT2D eigenvalue weighted by Crippen LogP contribution is 2.26. The molecule has 3 N–H and O–H groups in total. The molecule has 0 aliphatic heterocycles. The van der Waals surface area contributed by atoms with Crippen LogP contribution in [0.3, 0.4) is 0 Å². The first kappa shape index (κ1) is 9.58. The smallest absolute Gasteiger partial charge is 0.145 e. The number of nitrogens with two attached hydrogens (primary N) is 1. The molecule has 0 aliphatic rings. The third kappa shape index (κ3) is 1.79. The molecule has 0 saturated heterocycles. The summed E-state index contributed by atoms with van der Waals surface area (Å²) >= 11 is 0. The van der Waals surface area contributed by atoms with Gasteiger partial charge in [-0.3, -0.25) is 5.10 Å². The van der Waals surface area contributed by atoms with Crippen LogP contribution < -0.4 is 10.5 Å². The number of H-pyrrole nitrogens is 1. The molecule has 4 heteroatoms. The summed E-state index contributed by atoms with van der Waals surface area (Å²) in [5.74, 6) is 1.32. The quantitative estimate of drug-likeness (QED) is 0.784. The molecule has 0 amide bonds. The molecular formula is C11H13N3O. The first-order valence-corrected chi connectivity index (χ1v) is 4.66. The first-order valence-electron chi connectivity index (χ1n) is 4.66. The van der Waals surface area contributed by atoms with Gasteiger partial charge in [0.1, 0.15) is 11.6 Å². The number of benzene rings is 1. The molecule has 1 aromatic carbocycles. The predicted molar refractivity (Wildman–Crippen MR) is 59.7 cm³/mol. The number of methoxy groups -OCH3 is 1.